The van der Waals surface area contributed by atoms with Crippen molar-refractivity contribution in [2.75, 3.05) is 6.54 Å². The first-order valence-electron chi connectivity index (χ1n) is 10.5. The summed E-state index contributed by atoms with van der Waals surface area (Å²) >= 11 is 0. The lowest BCUT2D eigenvalue weighted by Gasteiger charge is -2.33. The molecular weight excluding hydrogens is 352 g/mol. The van der Waals surface area contributed by atoms with Crippen molar-refractivity contribution in [1.82, 2.24) is 20.4 Å². The van der Waals surface area contributed by atoms with Crippen LogP contribution < -0.4 is 5.32 Å². The monoisotopic (exact) mass is 384 g/mol. The van der Waals surface area contributed by atoms with Crippen LogP contribution in [0.3, 0.4) is 0 Å². The van der Waals surface area contributed by atoms with Crippen molar-refractivity contribution in [2.45, 2.75) is 77.9 Å². The van der Waals surface area contributed by atoms with Crippen LogP contribution in [0.25, 0.3) is 0 Å². The van der Waals surface area contributed by atoms with E-state index in [1.54, 1.807) is 0 Å². The number of aromatic nitrogens is 2. The smallest absolute Gasteiger partial charge is 0.227 e. The summed E-state index contributed by atoms with van der Waals surface area (Å²) in [4.78, 5) is 19.1. The van der Waals surface area contributed by atoms with Gasteiger partial charge in [-0.25, -0.2) is 0 Å². The highest BCUT2D eigenvalue weighted by Crippen LogP contribution is 2.20. The SMILES string of the molecule is CCCc1noc(CCC(=O)NCc2ccccc2CN2CCCCC2C)n1. The lowest BCUT2D eigenvalue weighted by atomic mass is 10.0. The summed E-state index contributed by atoms with van der Waals surface area (Å²) in [6, 6.07) is 9.04. The zero-order valence-electron chi connectivity index (χ0n) is 17.1. The Bertz CT molecular complexity index is 758. The Hall–Kier alpha value is -2.21. The predicted octanol–water partition coefficient (Wildman–Crippen LogP) is 3.65. The van der Waals surface area contributed by atoms with Crippen molar-refractivity contribution in [3.8, 4) is 0 Å². The average Bonchev–Trinajstić information content (AvgIpc) is 3.15. The molecule has 3 rings (SSSR count). The largest absolute Gasteiger partial charge is 0.352 e. The Kier molecular flexibility index (Phi) is 7.60. The summed E-state index contributed by atoms with van der Waals surface area (Å²) in [6.45, 7) is 7.06. The van der Waals surface area contributed by atoms with Gasteiger partial charge >= 0.3 is 0 Å². The molecule has 0 bridgehead atoms. The third kappa shape index (κ3) is 5.89. The fourth-order valence-corrected chi connectivity index (χ4v) is 3.72. The number of carbonyl (C=O) groups excluding carboxylic acids is 1. The van der Waals surface area contributed by atoms with E-state index in [2.05, 4.69) is 52.4 Å². The number of benzene rings is 1. The van der Waals surface area contributed by atoms with Crippen molar-refractivity contribution in [1.29, 1.82) is 0 Å². The van der Waals surface area contributed by atoms with Gasteiger partial charge in [-0.2, -0.15) is 4.98 Å². The van der Waals surface area contributed by atoms with Gasteiger partial charge in [-0.3, -0.25) is 9.69 Å². The number of nitrogens with one attached hydrogen (secondary N) is 1. The van der Waals surface area contributed by atoms with Crippen LogP contribution in [0.1, 0.15) is 68.8 Å². The summed E-state index contributed by atoms with van der Waals surface area (Å²) in [7, 11) is 0. The van der Waals surface area contributed by atoms with E-state index in [0.29, 0.717) is 31.3 Å². The molecule has 0 saturated carbocycles. The summed E-state index contributed by atoms with van der Waals surface area (Å²) in [5, 5.41) is 6.97. The Morgan fingerprint density at radius 1 is 1.25 bits per heavy atom. The number of amides is 1. The van der Waals surface area contributed by atoms with Crippen LogP contribution in [0.15, 0.2) is 28.8 Å². The zero-order chi connectivity index (χ0) is 19.8. The van der Waals surface area contributed by atoms with Gasteiger partial charge in [0.1, 0.15) is 0 Å². The first kappa shape index (κ1) is 20.5. The first-order chi connectivity index (χ1) is 13.7. The van der Waals surface area contributed by atoms with Crippen LogP contribution in [-0.2, 0) is 30.7 Å². The van der Waals surface area contributed by atoms with Crippen molar-refractivity contribution < 1.29 is 9.32 Å². The Morgan fingerprint density at radius 3 is 2.86 bits per heavy atom. The van der Waals surface area contributed by atoms with Crippen LogP contribution in [0.2, 0.25) is 0 Å². The third-order valence-corrected chi connectivity index (χ3v) is 5.46. The minimum absolute atomic E-state index is 0.0105. The molecule has 1 amide bonds. The minimum atomic E-state index is 0.0105. The van der Waals surface area contributed by atoms with E-state index >= 15 is 0 Å². The van der Waals surface area contributed by atoms with E-state index in [-0.39, 0.29) is 5.91 Å². The van der Waals surface area contributed by atoms with E-state index in [4.69, 9.17) is 4.52 Å². The van der Waals surface area contributed by atoms with Gasteiger partial charge in [-0.05, 0) is 43.9 Å². The van der Waals surface area contributed by atoms with Crippen LogP contribution in [-0.4, -0.2) is 33.5 Å². The molecule has 0 spiro atoms. The van der Waals surface area contributed by atoms with Crippen molar-refractivity contribution >= 4 is 5.91 Å². The van der Waals surface area contributed by atoms with Gasteiger partial charge in [-0.1, -0.05) is 42.8 Å². The van der Waals surface area contributed by atoms with Gasteiger partial charge in [-0.15, -0.1) is 0 Å². The maximum atomic E-state index is 12.3. The maximum Gasteiger partial charge on any atom is 0.227 e. The molecule has 1 N–H and O–H groups in total. The molecule has 1 saturated heterocycles. The standard InChI is InChI=1S/C22H32N4O2/c1-3-8-20-24-22(28-25-20)13-12-21(27)23-15-18-10-4-5-11-19(18)16-26-14-7-6-9-17(26)2/h4-5,10-11,17H,3,6-9,12-16H2,1-2H3,(H,23,27). The highest BCUT2D eigenvalue weighted by molar-refractivity contribution is 5.76. The lowest BCUT2D eigenvalue weighted by Crippen LogP contribution is -2.37. The van der Waals surface area contributed by atoms with Crippen molar-refractivity contribution in [3.63, 3.8) is 0 Å². The first-order valence-corrected chi connectivity index (χ1v) is 10.5. The molecule has 1 atom stereocenters. The number of hydrogen-bond acceptors (Lipinski definition) is 5. The molecule has 152 valence electrons. The highest BCUT2D eigenvalue weighted by atomic mass is 16.5. The number of piperidine rings is 1. The molecule has 2 heterocycles. The third-order valence-electron chi connectivity index (χ3n) is 5.46. The van der Waals surface area contributed by atoms with E-state index in [1.165, 1.54) is 30.4 Å². The predicted molar refractivity (Wildman–Crippen MR) is 109 cm³/mol. The zero-order valence-corrected chi connectivity index (χ0v) is 17.1. The van der Waals surface area contributed by atoms with Gasteiger partial charge < -0.3 is 9.84 Å². The van der Waals surface area contributed by atoms with E-state index < -0.39 is 0 Å². The van der Waals surface area contributed by atoms with Gasteiger partial charge in [0.15, 0.2) is 5.82 Å². The van der Waals surface area contributed by atoms with Gasteiger partial charge in [0.05, 0.1) is 0 Å². The molecule has 1 aliphatic rings. The molecule has 1 fully saturated rings. The van der Waals surface area contributed by atoms with Gasteiger partial charge in [0.25, 0.3) is 0 Å². The molecular formula is C22H32N4O2. The van der Waals surface area contributed by atoms with E-state index in [9.17, 15) is 4.79 Å². The summed E-state index contributed by atoms with van der Waals surface area (Å²) in [6.07, 6.45) is 6.51. The summed E-state index contributed by atoms with van der Waals surface area (Å²) < 4.78 is 5.20. The molecule has 2 aromatic rings. The topological polar surface area (TPSA) is 71.3 Å². The van der Waals surface area contributed by atoms with Crippen molar-refractivity contribution in [2.24, 2.45) is 0 Å². The molecule has 1 unspecified atom stereocenters. The summed E-state index contributed by atoms with van der Waals surface area (Å²) in [5.41, 5.74) is 2.49. The maximum absolute atomic E-state index is 12.3. The molecule has 0 radical (unpaired) electrons. The fraction of sp³-hybridized carbons (Fsp3) is 0.591. The Balaban J connectivity index is 1.49. The minimum Gasteiger partial charge on any atom is -0.352 e. The molecule has 6 nitrogen and oxygen atoms in total. The average molecular weight is 385 g/mol. The normalized spacial score (nSPS) is 17.6. The molecule has 1 aromatic heterocycles. The summed E-state index contributed by atoms with van der Waals surface area (Å²) in [5.74, 6) is 1.27. The lowest BCUT2D eigenvalue weighted by molar-refractivity contribution is -0.121. The quantitative estimate of drug-likeness (QED) is 0.715. The second-order valence-corrected chi connectivity index (χ2v) is 7.72. The van der Waals surface area contributed by atoms with E-state index in [0.717, 1.165) is 31.8 Å². The number of nitrogens with zero attached hydrogens (tertiary/aromatic N) is 3. The number of rotatable bonds is 9. The molecule has 0 aliphatic carbocycles. The number of carbonyl (C=O) groups is 1. The Labute approximate surface area is 167 Å². The van der Waals surface area contributed by atoms with Gasteiger partial charge in [0, 0.05) is 38.4 Å². The number of likely N-dealkylation sites (tertiary alicyclic amines) is 1. The van der Waals surface area contributed by atoms with Crippen LogP contribution in [0.5, 0.6) is 0 Å². The fourth-order valence-electron chi connectivity index (χ4n) is 3.72. The van der Waals surface area contributed by atoms with Crippen LogP contribution in [0.4, 0.5) is 0 Å². The van der Waals surface area contributed by atoms with Crippen molar-refractivity contribution in [3.05, 3.63) is 47.1 Å². The molecule has 1 aliphatic heterocycles. The molecule has 6 heteroatoms. The second-order valence-electron chi connectivity index (χ2n) is 7.72. The van der Waals surface area contributed by atoms with E-state index in [1.807, 2.05) is 6.07 Å². The number of aryl methyl sites for hydroxylation is 2. The van der Waals surface area contributed by atoms with Gasteiger partial charge in [0.2, 0.25) is 11.8 Å². The highest BCUT2D eigenvalue weighted by Gasteiger charge is 2.19. The number of hydrogen-bond donors (Lipinski definition) is 1. The van der Waals surface area contributed by atoms with Crippen LogP contribution >= 0.6 is 0 Å². The molecule has 1 aromatic carbocycles. The Morgan fingerprint density at radius 2 is 2.07 bits per heavy atom. The second kappa shape index (κ2) is 10.4. The molecule has 28 heavy (non-hydrogen) atoms. The van der Waals surface area contributed by atoms with Crippen LogP contribution in [0, 0.1) is 0 Å².